The van der Waals surface area contributed by atoms with Crippen molar-refractivity contribution in [1.82, 2.24) is 14.5 Å². The molecule has 1 amide bonds. The van der Waals surface area contributed by atoms with Crippen molar-refractivity contribution >= 4 is 43.4 Å². The van der Waals surface area contributed by atoms with Gasteiger partial charge in [-0.25, -0.2) is 23.5 Å². The van der Waals surface area contributed by atoms with E-state index in [2.05, 4.69) is 48.2 Å². The van der Waals surface area contributed by atoms with Crippen molar-refractivity contribution in [2.24, 2.45) is 5.14 Å². The number of fused-ring (bicyclic) bond motifs is 1. The van der Waals surface area contributed by atoms with Crippen LogP contribution in [0.4, 0.5) is 5.13 Å². The highest BCUT2D eigenvalue weighted by molar-refractivity contribution is 7.89. The maximum Gasteiger partial charge on any atom is 0.238 e. The van der Waals surface area contributed by atoms with Crippen LogP contribution in [0.1, 0.15) is 36.7 Å². The van der Waals surface area contributed by atoms with Crippen LogP contribution in [0.3, 0.4) is 0 Å². The van der Waals surface area contributed by atoms with Gasteiger partial charge in [0.15, 0.2) is 5.13 Å². The Bertz CT molecular complexity index is 1470. The predicted molar refractivity (Wildman–Crippen MR) is 135 cm³/mol. The molecule has 0 aliphatic heterocycles. The van der Waals surface area contributed by atoms with Gasteiger partial charge in [-0.05, 0) is 55.7 Å². The number of benzene rings is 2. The van der Waals surface area contributed by atoms with Gasteiger partial charge in [-0.15, -0.1) is 11.3 Å². The summed E-state index contributed by atoms with van der Waals surface area (Å²) in [5.41, 5.74) is 5.64. The molecule has 4 aromatic rings. The van der Waals surface area contributed by atoms with Crippen LogP contribution in [0.5, 0.6) is 0 Å². The quantitative estimate of drug-likeness (QED) is 0.374. The summed E-state index contributed by atoms with van der Waals surface area (Å²) >= 11 is 1.39. The molecule has 0 saturated heterocycles. The summed E-state index contributed by atoms with van der Waals surface area (Å²) in [6, 6.07) is 10.9. The largest absolute Gasteiger partial charge is 0.328 e. The van der Waals surface area contributed by atoms with E-state index in [1.165, 1.54) is 34.6 Å². The van der Waals surface area contributed by atoms with Gasteiger partial charge in [0.1, 0.15) is 5.82 Å². The number of aryl methyl sites for hydroxylation is 4. The van der Waals surface area contributed by atoms with E-state index in [9.17, 15) is 13.2 Å². The zero-order valence-corrected chi connectivity index (χ0v) is 21.0. The molecule has 178 valence electrons. The zero-order valence-electron chi connectivity index (χ0n) is 19.3. The Labute approximate surface area is 202 Å². The minimum absolute atomic E-state index is 0.0220. The Morgan fingerprint density at radius 1 is 1.12 bits per heavy atom. The molecule has 0 unspecified atom stereocenters. The first-order chi connectivity index (χ1) is 16.2. The molecule has 0 atom stereocenters. The fourth-order valence-electron chi connectivity index (χ4n) is 3.77. The lowest BCUT2D eigenvalue weighted by atomic mass is 10.1. The molecule has 0 saturated carbocycles. The normalized spacial score (nSPS) is 11.8. The van der Waals surface area contributed by atoms with E-state index < -0.39 is 10.0 Å². The smallest absolute Gasteiger partial charge is 0.238 e. The molecule has 10 heteroatoms. The number of nitrogens with two attached hydrogens (primary N) is 1. The number of imidazole rings is 1. The fourth-order valence-corrected chi connectivity index (χ4v) is 5.04. The molecule has 34 heavy (non-hydrogen) atoms. The standard InChI is InChI=1S/C24H27N5O3S2/c1-4-11-29-21-8-7-18(34(25,31)32)13-19(21)26-22(29)9-10-23(30)28-24-27-20(14-33-24)17-6-5-15(2)16(3)12-17/h5-8,12-14H,4,9-11H2,1-3H3,(H2,25,31,32)(H,27,28,30). The molecule has 0 radical (unpaired) electrons. The lowest BCUT2D eigenvalue weighted by Crippen LogP contribution is -2.14. The number of thiazole rings is 1. The number of carbonyl (C=O) groups is 1. The highest BCUT2D eigenvalue weighted by atomic mass is 32.2. The van der Waals surface area contributed by atoms with Crippen molar-refractivity contribution in [3.63, 3.8) is 0 Å². The van der Waals surface area contributed by atoms with E-state index in [1.807, 2.05) is 16.0 Å². The molecule has 0 spiro atoms. The summed E-state index contributed by atoms with van der Waals surface area (Å²) in [5, 5.41) is 10.6. The molecule has 2 heterocycles. The lowest BCUT2D eigenvalue weighted by molar-refractivity contribution is -0.116. The van der Waals surface area contributed by atoms with Gasteiger partial charge >= 0.3 is 0 Å². The van der Waals surface area contributed by atoms with Crippen LogP contribution in [0.2, 0.25) is 0 Å². The number of amides is 1. The second-order valence-corrected chi connectivity index (χ2v) is 10.7. The molecule has 0 aliphatic carbocycles. The average molecular weight is 498 g/mol. The number of aromatic nitrogens is 3. The summed E-state index contributed by atoms with van der Waals surface area (Å²) in [6.45, 7) is 6.90. The molecule has 4 rings (SSSR count). The Balaban J connectivity index is 1.47. The first-order valence-corrected chi connectivity index (χ1v) is 13.4. The fraction of sp³-hybridized carbons (Fsp3) is 0.292. The second-order valence-electron chi connectivity index (χ2n) is 8.26. The van der Waals surface area contributed by atoms with Crippen LogP contribution in [0, 0.1) is 13.8 Å². The number of carbonyl (C=O) groups excluding carboxylic acids is 1. The van der Waals surface area contributed by atoms with E-state index in [-0.39, 0.29) is 17.2 Å². The second kappa shape index (κ2) is 9.65. The van der Waals surface area contributed by atoms with Gasteiger partial charge in [0.2, 0.25) is 15.9 Å². The molecule has 2 aromatic heterocycles. The van der Waals surface area contributed by atoms with Gasteiger partial charge in [0.05, 0.1) is 21.6 Å². The number of rotatable bonds is 8. The van der Waals surface area contributed by atoms with Crippen molar-refractivity contribution in [3.8, 4) is 11.3 Å². The Kier molecular flexibility index (Phi) is 6.83. The molecule has 0 bridgehead atoms. The van der Waals surface area contributed by atoms with Crippen molar-refractivity contribution < 1.29 is 13.2 Å². The number of sulfonamides is 1. The number of nitrogens with zero attached hydrogens (tertiary/aromatic N) is 3. The van der Waals surface area contributed by atoms with E-state index in [4.69, 9.17) is 5.14 Å². The van der Waals surface area contributed by atoms with Gasteiger partial charge < -0.3 is 9.88 Å². The third kappa shape index (κ3) is 5.19. The summed E-state index contributed by atoms with van der Waals surface area (Å²) in [6.07, 6.45) is 1.52. The summed E-state index contributed by atoms with van der Waals surface area (Å²) in [4.78, 5) is 21.8. The topological polar surface area (TPSA) is 120 Å². The van der Waals surface area contributed by atoms with E-state index in [1.54, 1.807) is 6.07 Å². The molecule has 8 nitrogen and oxygen atoms in total. The number of hydrogen-bond donors (Lipinski definition) is 2. The SMILES string of the molecule is CCCn1c(CCC(=O)Nc2nc(-c3ccc(C)c(C)c3)cs2)nc2cc(S(N)(=O)=O)ccc21. The van der Waals surface area contributed by atoms with E-state index in [0.29, 0.717) is 23.6 Å². The van der Waals surface area contributed by atoms with Crippen LogP contribution in [-0.2, 0) is 27.8 Å². The molecule has 0 fully saturated rings. The number of anilines is 1. The Morgan fingerprint density at radius 2 is 1.91 bits per heavy atom. The molecular weight excluding hydrogens is 470 g/mol. The molecule has 0 aliphatic rings. The van der Waals surface area contributed by atoms with Gasteiger partial charge in [-0.3, -0.25) is 4.79 Å². The molecular formula is C24H27N5O3S2. The van der Waals surface area contributed by atoms with E-state index in [0.717, 1.165) is 29.0 Å². The van der Waals surface area contributed by atoms with Gasteiger partial charge in [-0.1, -0.05) is 19.1 Å². The van der Waals surface area contributed by atoms with Gasteiger partial charge in [-0.2, -0.15) is 0 Å². The molecule has 2 aromatic carbocycles. The maximum atomic E-state index is 12.6. The van der Waals surface area contributed by atoms with Crippen molar-refractivity contribution in [2.45, 2.75) is 51.5 Å². The van der Waals surface area contributed by atoms with Crippen molar-refractivity contribution in [3.05, 3.63) is 58.7 Å². The van der Waals surface area contributed by atoms with Crippen molar-refractivity contribution in [1.29, 1.82) is 0 Å². The van der Waals surface area contributed by atoms with Gasteiger partial charge in [0, 0.05) is 30.3 Å². The summed E-state index contributed by atoms with van der Waals surface area (Å²) in [5.74, 6) is 0.579. The Morgan fingerprint density at radius 3 is 2.62 bits per heavy atom. The Hall–Kier alpha value is -3.08. The monoisotopic (exact) mass is 497 g/mol. The van der Waals surface area contributed by atoms with Crippen LogP contribution < -0.4 is 10.5 Å². The highest BCUT2D eigenvalue weighted by Crippen LogP contribution is 2.27. The zero-order chi connectivity index (χ0) is 24.5. The first-order valence-electron chi connectivity index (χ1n) is 11.0. The average Bonchev–Trinajstić information content (AvgIpc) is 3.38. The van der Waals surface area contributed by atoms with Crippen LogP contribution in [0.25, 0.3) is 22.3 Å². The number of nitrogens with one attached hydrogen (secondary N) is 1. The lowest BCUT2D eigenvalue weighted by Gasteiger charge is -2.08. The van der Waals surface area contributed by atoms with Crippen LogP contribution in [0.15, 0.2) is 46.7 Å². The minimum Gasteiger partial charge on any atom is -0.328 e. The predicted octanol–water partition coefficient (Wildman–Crippen LogP) is 4.41. The highest BCUT2D eigenvalue weighted by Gasteiger charge is 2.16. The van der Waals surface area contributed by atoms with Crippen LogP contribution in [-0.4, -0.2) is 28.9 Å². The first kappa shape index (κ1) is 24.1. The summed E-state index contributed by atoms with van der Waals surface area (Å²) < 4.78 is 25.4. The third-order valence-electron chi connectivity index (χ3n) is 5.70. The maximum absolute atomic E-state index is 12.6. The van der Waals surface area contributed by atoms with Crippen molar-refractivity contribution in [2.75, 3.05) is 5.32 Å². The molecule has 3 N–H and O–H groups in total. The van der Waals surface area contributed by atoms with Gasteiger partial charge in [0.25, 0.3) is 0 Å². The number of hydrogen-bond acceptors (Lipinski definition) is 6. The van der Waals surface area contributed by atoms with Crippen LogP contribution >= 0.6 is 11.3 Å². The van der Waals surface area contributed by atoms with E-state index >= 15 is 0 Å². The summed E-state index contributed by atoms with van der Waals surface area (Å²) in [7, 11) is -3.81. The number of primary sulfonamides is 1. The minimum atomic E-state index is -3.81. The third-order valence-corrected chi connectivity index (χ3v) is 7.37.